The molecule has 0 aliphatic heterocycles. The average molecular weight is 341 g/mol. The summed E-state index contributed by atoms with van der Waals surface area (Å²) in [4.78, 5) is 16.1. The van der Waals surface area contributed by atoms with Gasteiger partial charge in [0, 0.05) is 46.3 Å². The van der Waals surface area contributed by atoms with E-state index in [-0.39, 0.29) is 11.9 Å². The minimum absolute atomic E-state index is 0.0830. The lowest BCUT2D eigenvalue weighted by Gasteiger charge is -2.30. The van der Waals surface area contributed by atoms with Gasteiger partial charge in [-0.15, -0.1) is 0 Å². The average Bonchev–Trinajstić information content (AvgIpc) is 3.05. The molecule has 0 radical (unpaired) electrons. The molecule has 6 heteroatoms. The Morgan fingerprint density at radius 1 is 1.29 bits per heavy atom. The fraction of sp³-hybridized carbons (Fsp3) is 0.889. The predicted molar refractivity (Wildman–Crippen MR) is 99.3 cm³/mol. The number of methoxy groups -OCH3 is 1. The van der Waals surface area contributed by atoms with Gasteiger partial charge in [0.2, 0.25) is 5.91 Å². The zero-order chi connectivity index (χ0) is 17.8. The Hall–Kier alpha value is -1.30. The van der Waals surface area contributed by atoms with Crippen LogP contribution in [-0.2, 0) is 9.53 Å². The molecule has 6 nitrogen and oxygen atoms in total. The molecular formula is C18H36N4O2. The number of ether oxygens (including phenoxy) is 1. The van der Waals surface area contributed by atoms with Crippen LogP contribution in [0.1, 0.15) is 58.8 Å². The molecule has 0 saturated heterocycles. The molecule has 0 heterocycles. The summed E-state index contributed by atoms with van der Waals surface area (Å²) in [6, 6.07) is 0.234. The highest BCUT2D eigenvalue weighted by Crippen LogP contribution is 2.40. The van der Waals surface area contributed by atoms with E-state index in [1.807, 2.05) is 6.92 Å². The van der Waals surface area contributed by atoms with Gasteiger partial charge in [-0.25, -0.2) is 0 Å². The largest absolute Gasteiger partial charge is 0.385 e. The second-order valence-corrected chi connectivity index (χ2v) is 6.93. The molecule has 1 unspecified atom stereocenters. The molecule has 1 atom stereocenters. The van der Waals surface area contributed by atoms with Gasteiger partial charge in [0.1, 0.15) is 0 Å². The van der Waals surface area contributed by atoms with Crippen LogP contribution in [0.25, 0.3) is 0 Å². The minimum Gasteiger partial charge on any atom is -0.385 e. The maximum absolute atomic E-state index is 11.8. The van der Waals surface area contributed by atoms with Gasteiger partial charge in [0.25, 0.3) is 0 Å². The van der Waals surface area contributed by atoms with Crippen LogP contribution in [0.5, 0.6) is 0 Å². The monoisotopic (exact) mass is 340 g/mol. The van der Waals surface area contributed by atoms with Crippen molar-refractivity contribution < 1.29 is 9.53 Å². The van der Waals surface area contributed by atoms with Crippen molar-refractivity contribution in [2.45, 2.75) is 64.8 Å². The van der Waals surface area contributed by atoms with Crippen molar-refractivity contribution >= 4 is 11.9 Å². The molecule has 0 aromatic carbocycles. The maximum atomic E-state index is 11.8. The first-order valence-electron chi connectivity index (χ1n) is 9.28. The van der Waals surface area contributed by atoms with Crippen LogP contribution >= 0.6 is 0 Å². The first-order valence-corrected chi connectivity index (χ1v) is 9.28. The second-order valence-electron chi connectivity index (χ2n) is 6.93. The third kappa shape index (κ3) is 7.51. The highest BCUT2D eigenvalue weighted by Gasteiger charge is 2.33. The van der Waals surface area contributed by atoms with Gasteiger partial charge in [-0.05, 0) is 38.0 Å². The Morgan fingerprint density at radius 2 is 2.00 bits per heavy atom. The molecule has 1 amide bonds. The quantitative estimate of drug-likeness (QED) is 0.420. The third-order valence-electron chi connectivity index (χ3n) is 5.02. The van der Waals surface area contributed by atoms with E-state index < -0.39 is 0 Å². The summed E-state index contributed by atoms with van der Waals surface area (Å²) in [6.07, 6.45) is 7.59. The summed E-state index contributed by atoms with van der Waals surface area (Å²) < 4.78 is 5.28. The van der Waals surface area contributed by atoms with Crippen LogP contribution in [0, 0.1) is 5.41 Å². The van der Waals surface area contributed by atoms with E-state index in [1.54, 1.807) is 14.2 Å². The number of nitrogens with one attached hydrogen (secondary N) is 3. The minimum atomic E-state index is 0.0830. The van der Waals surface area contributed by atoms with Crippen LogP contribution in [0.15, 0.2) is 4.99 Å². The van der Waals surface area contributed by atoms with Crippen molar-refractivity contribution in [2.24, 2.45) is 10.4 Å². The molecule has 0 bridgehead atoms. The lowest BCUT2D eigenvalue weighted by molar-refractivity contribution is -0.121. The van der Waals surface area contributed by atoms with Gasteiger partial charge < -0.3 is 20.7 Å². The van der Waals surface area contributed by atoms with E-state index >= 15 is 0 Å². The molecule has 0 aromatic heterocycles. The summed E-state index contributed by atoms with van der Waals surface area (Å²) in [5.41, 5.74) is 0.321. The molecule has 0 aromatic rings. The van der Waals surface area contributed by atoms with Gasteiger partial charge in [0.15, 0.2) is 5.96 Å². The fourth-order valence-corrected chi connectivity index (χ4v) is 3.19. The molecule has 1 aliphatic carbocycles. The Labute approximate surface area is 147 Å². The number of rotatable bonds is 10. The number of hydrogen-bond donors (Lipinski definition) is 3. The molecule has 140 valence electrons. The van der Waals surface area contributed by atoms with E-state index in [4.69, 9.17) is 4.74 Å². The summed E-state index contributed by atoms with van der Waals surface area (Å²) in [5, 5.41) is 9.65. The van der Waals surface area contributed by atoms with Crippen LogP contribution in [0.3, 0.4) is 0 Å². The number of hydrogen-bond acceptors (Lipinski definition) is 3. The van der Waals surface area contributed by atoms with Crippen LogP contribution in [-0.4, -0.2) is 51.8 Å². The Kier molecular flexibility index (Phi) is 9.76. The highest BCUT2D eigenvalue weighted by molar-refractivity contribution is 5.81. The first kappa shape index (κ1) is 20.7. The van der Waals surface area contributed by atoms with Crippen molar-refractivity contribution in [3.63, 3.8) is 0 Å². The first-order chi connectivity index (χ1) is 11.5. The standard InChI is InChI=1S/C18H36N4O2/c1-5-15(2)22-16(23)8-12-20-17(19-3)21-14-18(11-13-24-4)9-6-7-10-18/h15H,5-14H2,1-4H3,(H,22,23)(H2,19,20,21). The number of carbonyl (C=O) groups excluding carboxylic acids is 1. The summed E-state index contributed by atoms with van der Waals surface area (Å²) >= 11 is 0. The van der Waals surface area contributed by atoms with Gasteiger partial charge in [-0.1, -0.05) is 19.8 Å². The third-order valence-corrected chi connectivity index (χ3v) is 5.02. The molecule has 24 heavy (non-hydrogen) atoms. The Balaban J connectivity index is 2.32. The van der Waals surface area contributed by atoms with E-state index in [0.29, 0.717) is 18.4 Å². The Bertz CT molecular complexity index is 392. The molecule has 1 fully saturated rings. The maximum Gasteiger partial charge on any atom is 0.221 e. The van der Waals surface area contributed by atoms with Crippen molar-refractivity contribution in [1.29, 1.82) is 0 Å². The smallest absolute Gasteiger partial charge is 0.221 e. The lowest BCUT2D eigenvalue weighted by Crippen LogP contribution is -2.44. The topological polar surface area (TPSA) is 74.8 Å². The molecular weight excluding hydrogens is 304 g/mol. The van der Waals surface area contributed by atoms with Gasteiger partial charge in [0.05, 0.1) is 0 Å². The Morgan fingerprint density at radius 3 is 2.58 bits per heavy atom. The fourth-order valence-electron chi connectivity index (χ4n) is 3.19. The van der Waals surface area contributed by atoms with Gasteiger partial charge >= 0.3 is 0 Å². The van der Waals surface area contributed by atoms with Crippen molar-refractivity contribution in [3.05, 3.63) is 0 Å². The molecule has 3 N–H and O–H groups in total. The van der Waals surface area contributed by atoms with E-state index in [2.05, 4.69) is 27.9 Å². The molecule has 0 spiro atoms. The molecule has 1 saturated carbocycles. The van der Waals surface area contributed by atoms with E-state index in [0.717, 1.165) is 32.0 Å². The normalized spacial score (nSPS) is 18.2. The van der Waals surface area contributed by atoms with Crippen molar-refractivity contribution in [2.75, 3.05) is 33.9 Å². The van der Waals surface area contributed by atoms with Crippen LogP contribution in [0.2, 0.25) is 0 Å². The number of nitrogens with zero attached hydrogens (tertiary/aromatic N) is 1. The summed E-state index contributed by atoms with van der Waals surface area (Å²) in [5.74, 6) is 0.856. The van der Waals surface area contributed by atoms with E-state index in [9.17, 15) is 4.79 Å². The van der Waals surface area contributed by atoms with Gasteiger partial charge in [-0.2, -0.15) is 0 Å². The lowest BCUT2D eigenvalue weighted by atomic mass is 9.83. The molecule has 1 rings (SSSR count). The summed E-state index contributed by atoms with van der Waals surface area (Å²) in [6.45, 7) is 6.40. The zero-order valence-corrected chi connectivity index (χ0v) is 15.9. The van der Waals surface area contributed by atoms with Gasteiger partial charge in [-0.3, -0.25) is 9.79 Å². The number of guanidine groups is 1. The zero-order valence-electron chi connectivity index (χ0n) is 15.9. The number of aliphatic imine (C=N–C) groups is 1. The number of amides is 1. The van der Waals surface area contributed by atoms with Crippen molar-refractivity contribution in [3.8, 4) is 0 Å². The predicted octanol–water partition coefficient (Wildman–Crippen LogP) is 2.05. The van der Waals surface area contributed by atoms with Crippen LogP contribution < -0.4 is 16.0 Å². The summed E-state index contributed by atoms with van der Waals surface area (Å²) in [7, 11) is 3.53. The van der Waals surface area contributed by atoms with Crippen LogP contribution in [0.4, 0.5) is 0 Å². The highest BCUT2D eigenvalue weighted by atomic mass is 16.5. The van der Waals surface area contributed by atoms with E-state index in [1.165, 1.54) is 25.7 Å². The van der Waals surface area contributed by atoms with Crippen molar-refractivity contribution in [1.82, 2.24) is 16.0 Å². The number of carbonyl (C=O) groups is 1. The second kappa shape index (κ2) is 11.3. The SMILES string of the molecule is CCC(C)NC(=O)CCNC(=NC)NCC1(CCOC)CCCC1. The molecule has 1 aliphatic rings.